The highest BCUT2D eigenvalue weighted by molar-refractivity contribution is 6.44. The zero-order chi connectivity index (χ0) is 16.8. The molecule has 2 aromatic rings. The van der Waals surface area contributed by atoms with Crippen LogP contribution in [0.15, 0.2) is 42.5 Å². The van der Waals surface area contributed by atoms with E-state index in [0.717, 1.165) is 0 Å². The van der Waals surface area contributed by atoms with Crippen LogP contribution in [0, 0.1) is 0 Å². The number of anilines is 2. The maximum Gasteiger partial charge on any atom is 0.314 e. The average Bonchev–Trinajstić information content (AvgIpc) is 2.53. The molecule has 0 fully saturated rings. The summed E-state index contributed by atoms with van der Waals surface area (Å²) >= 11 is 5.79. The number of phenols is 1. The fourth-order valence-corrected chi connectivity index (χ4v) is 1.99. The lowest BCUT2D eigenvalue weighted by Crippen LogP contribution is -2.29. The van der Waals surface area contributed by atoms with Crippen LogP contribution in [-0.4, -0.2) is 23.5 Å². The van der Waals surface area contributed by atoms with Crippen molar-refractivity contribution in [2.45, 2.75) is 6.92 Å². The second-order valence-corrected chi connectivity index (χ2v) is 4.94. The molecule has 0 spiro atoms. The number of aromatic hydroxyl groups is 1. The van der Waals surface area contributed by atoms with Gasteiger partial charge in [-0.15, -0.1) is 0 Å². The molecule has 0 aliphatic rings. The minimum absolute atomic E-state index is 0.0516. The quantitative estimate of drug-likeness (QED) is 0.592. The molecule has 2 aromatic carbocycles. The van der Waals surface area contributed by atoms with Gasteiger partial charge in [0.1, 0.15) is 11.5 Å². The zero-order valence-electron chi connectivity index (χ0n) is 12.3. The highest BCUT2D eigenvalue weighted by Crippen LogP contribution is 2.27. The second-order valence-electron chi connectivity index (χ2n) is 4.50. The molecule has 0 atom stereocenters. The van der Waals surface area contributed by atoms with E-state index in [-0.39, 0.29) is 11.4 Å². The number of benzene rings is 2. The minimum atomic E-state index is -0.936. The number of carbonyl (C=O) groups excluding carboxylic acids is 2. The van der Waals surface area contributed by atoms with Crippen LogP contribution in [-0.2, 0) is 9.59 Å². The van der Waals surface area contributed by atoms with Gasteiger partial charge in [0.2, 0.25) is 0 Å². The Morgan fingerprint density at radius 3 is 2.43 bits per heavy atom. The summed E-state index contributed by atoms with van der Waals surface area (Å²) in [5.74, 6) is -1.56. The summed E-state index contributed by atoms with van der Waals surface area (Å²) in [6.07, 6.45) is 0. The average molecular weight is 335 g/mol. The van der Waals surface area contributed by atoms with Crippen molar-refractivity contribution in [3.63, 3.8) is 0 Å². The van der Waals surface area contributed by atoms with Gasteiger partial charge in [-0.2, -0.15) is 0 Å². The summed E-state index contributed by atoms with van der Waals surface area (Å²) in [5, 5.41) is 14.7. The Kier molecular flexibility index (Phi) is 5.43. The number of para-hydroxylation sites is 2. The first kappa shape index (κ1) is 16.6. The number of carbonyl (C=O) groups is 2. The molecule has 0 radical (unpaired) electrons. The molecule has 120 valence electrons. The van der Waals surface area contributed by atoms with E-state index in [4.69, 9.17) is 16.3 Å². The van der Waals surface area contributed by atoms with Crippen molar-refractivity contribution >= 4 is 34.8 Å². The van der Waals surface area contributed by atoms with E-state index >= 15 is 0 Å². The number of nitrogens with one attached hydrogen (secondary N) is 2. The summed E-state index contributed by atoms with van der Waals surface area (Å²) in [7, 11) is 0. The molecule has 0 aliphatic carbocycles. The molecule has 0 aromatic heterocycles. The van der Waals surface area contributed by atoms with Crippen molar-refractivity contribution in [2.75, 3.05) is 17.2 Å². The second kappa shape index (κ2) is 7.51. The number of hydrogen-bond donors (Lipinski definition) is 3. The van der Waals surface area contributed by atoms with E-state index in [1.165, 1.54) is 18.2 Å². The molecule has 0 bridgehead atoms. The van der Waals surface area contributed by atoms with Crippen molar-refractivity contribution in [1.29, 1.82) is 0 Å². The summed E-state index contributed by atoms with van der Waals surface area (Å²) in [4.78, 5) is 23.9. The van der Waals surface area contributed by atoms with E-state index in [9.17, 15) is 14.7 Å². The smallest absolute Gasteiger partial charge is 0.314 e. The van der Waals surface area contributed by atoms with Crippen LogP contribution >= 0.6 is 11.6 Å². The van der Waals surface area contributed by atoms with E-state index in [0.29, 0.717) is 23.1 Å². The molecule has 3 N–H and O–H groups in total. The van der Waals surface area contributed by atoms with Gasteiger partial charge in [0.25, 0.3) is 0 Å². The zero-order valence-corrected chi connectivity index (χ0v) is 13.1. The van der Waals surface area contributed by atoms with Crippen molar-refractivity contribution in [2.24, 2.45) is 0 Å². The predicted molar refractivity (Wildman–Crippen MR) is 88.0 cm³/mol. The molecule has 2 rings (SSSR count). The van der Waals surface area contributed by atoms with E-state index in [1.54, 1.807) is 24.3 Å². The van der Waals surface area contributed by atoms with Gasteiger partial charge in [-0.1, -0.05) is 23.7 Å². The van der Waals surface area contributed by atoms with Crippen molar-refractivity contribution in [3.8, 4) is 11.5 Å². The molecule has 0 saturated heterocycles. The van der Waals surface area contributed by atoms with Gasteiger partial charge in [-0.25, -0.2) is 0 Å². The number of rotatable bonds is 4. The Morgan fingerprint density at radius 1 is 1.09 bits per heavy atom. The van der Waals surface area contributed by atoms with Crippen LogP contribution in [0.3, 0.4) is 0 Å². The van der Waals surface area contributed by atoms with Crippen LogP contribution in [0.5, 0.6) is 11.5 Å². The topological polar surface area (TPSA) is 87.7 Å². The van der Waals surface area contributed by atoms with Crippen LogP contribution in [0.1, 0.15) is 6.92 Å². The molecule has 23 heavy (non-hydrogen) atoms. The Hall–Kier alpha value is -2.73. The third kappa shape index (κ3) is 4.37. The molecular weight excluding hydrogens is 320 g/mol. The Bertz CT molecular complexity index is 734. The van der Waals surface area contributed by atoms with Gasteiger partial charge in [0.15, 0.2) is 0 Å². The molecule has 7 heteroatoms. The molecule has 0 aliphatic heterocycles. The van der Waals surface area contributed by atoms with Gasteiger partial charge in [-0.3, -0.25) is 9.59 Å². The molecule has 0 heterocycles. The summed E-state index contributed by atoms with van der Waals surface area (Å²) < 4.78 is 5.37. The standard InChI is InChI=1S/C16H15ClN2O4/c1-2-23-14-6-4-3-5-11(14)18-15(21)16(22)19-12-9-10(17)7-8-13(12)20/h3-9,20H,2H2,1H3,(H,18,21)(H,19,22). The molecule has 0 unspecified atom stereocenters. The van der Waals surface area contributed by atoms with Gasteiger partial charge >= 0.3 is 11.8 Å². The highest BCUT2D eigenvalue weighted by atomic mass is 35.5. The largest absolute Gasteiger partial charge is 0.506 e. The fraction of sp³-hybridized carbons (Fsp3) is 0.125. The SMILES string of the molecule is CCOc1ccccc1NC(=O)C(=O)Nc1cc(Cl)ccc1O. The van der Waals surface area contributed by atoms with Crippen LogP contribution < -0.4 is 15.4 Å². The summed E-state index contributed by atoms with van der Waals surface area (Å²) in [5.41, 5.74) is 0.431. The summed E-state index contributed by atoms with van der Waals surface area (Å²) in [6, 6.07) is 10.9. The Balaban J connectivity index is 2.09. The fourth-order valence-electron chi connectivity index (χ4n) is 1.82. The van der Waals surface area contributed by atoms with Gasteiger partial charge < -0.3 is 20.5 Å². The van der Waals surface area contributed by atoms with Gasteiger partial charge in [0.05, 0.1) is 18.0 Å². The third-order valence-electron chi connectivity index (χ3n) is 2.85. The lowest BCUT2D eigenvalue weighted by Gasteiger charge is -2.11. The lowest BCUT2D eigenvalue weighted by atomic mass is 10.2. The Morgan fingerprint density at radius 2 is 1.74 bits per heavy atom. The number of halogens is 1. The van der Waals surface area contributed by atoms with E-state index in [2.05, 4.69) is 10.6 Å². The van der Waals surface area contributed by atoms with Crippen LogP contribution in [0.4, 0.5) is 11.4 Å². The maximum absolute atomic E-state index is 12.0. The first-order valence-corrected chi connectivity index (χ1v) is 7.21. The van der Waals surface area contributed by atoms with Gasteiger partial charge in [-0.05, 0) is 37.3 Å². The lowest BCUT2D eigenvalue weighted by molar-refractivity contribution is -0.133. The van der Waals surface area contributed by atoms with E-state index in [1.807, 2.05) is 6.92 Å². The highest BCUT2D eigenvalue weighted by Gasteiger charge is 2.17. The van der Waals surface area contributed by atoms with Crippen molar-refractivity contribution in [1.82, 2.24) is 0 Å². The van der Waals surface area contributed by atoms with Crippen LogP contribution in [0.25, 0.3) is 0 Å². The molecule has 2 amide bonds. The number of phenolic OH excluding ortho intramolecular Hbond substituents is 1. The number of hydrogen-bond acceptors (Lipinski definition) is 4. The first-order chi connectivity index (χ1) is 11.0. The van der Waals surface area contributed by atoms with Crippen molar-refractivity contribution in [3.05, 3.63) is 47.5 Å². The normalized spacial score (nSPS) is 10.0. The van der Waals surface area contributed by atoms with Gasteiger partial charge in [0, 0.05) is 5.02 Å². The number of ether oxygens (including phenoxy) is 1. The first-order valence-electron chi connectivity index (χ1n) is 6.84. The van der Waals surface area contributed by atoms with E-state index < -0.39 is 11.8 Å². The van der Waals surface area contributed by atoms with Crippen molar-refractivity contribution < 1.29 is 19.4 Å². The monoisotopic (exact) mass is 334 g/mol. The molecule has 0 saturated carbocycles. The molecular formula is C16H15ClN2O4. The predicted octanol–water partition coefficient (Wildman–Crippen LogP) is 3.02. The minimum Gasteiger partial charge on any atom is -0.506 e. The number of amides is 2. The maximum atomic E-state index is 12.0. The summed E-state index contributed by atoms with van der Waals surface area (Å²) in [6.45, 7) is 2.24. The van der Waals surface area contributed by atoms with Crippen LogP contribution in [0.2, 0.25) is 5.02 Å². The Labute approximate surface area is 138 Å². The third-order valence-corrected chi connectivity index (χ3v) is 3.08. The molecule has 6 nitrogen and oxygen atoms in total.